The van der Waals surface area contributed by atoms with Gasteiger partial charge < -0.3 is 15.0 Å². The van der Waals surface area contributed by atoms with Gasteiger partial charge in [-0.1, -0.05) is 0 Å². The van der Waals surface area contributed by atoms with Crippen molar-refractivity contribution in [3.05, 3.63) is 0 Å². The highest BCUT2D eigenvalue weighted by molar-refractivity contribution is 5.68. The Morgan fingerprint density at radius 1 is 1.41 bits per heavy atom. The van der Waals surface area contributed by atoms with Crippen molar-refractivity contribution in [2.75, 3.05) is 19.6 Å². The van der Waals surface area contributed by atoms with Crippen LogP contribution in [0.4, 0.5) is 4.79 Å². The predicted octanol–water partition coefficient (Wildman–Crippen LogP) is 2.00. The number of amides is 1. The Balaban J connectivity index is 1.92. The van der Waals surface area contributed by atoms with Crippen molar-refractivity contribution < 1.29 is 9.53 Å². The number of carbonyl (C=O) groups excluding carboxylic acids is 1. The standard InChI is InChI=1S/C13H24N2O2/c1-10-7-13(8-14-9-13)5-6-15(10)11(16)17-12(2,3)4/h10,14H,5-9H2,1-4H3/t10-/m1/s1. The highest BCUT2D eigenvalue weighted by Gasteiger charge is 2.44. The van der Waals surface area contributed by atoms with Gasteiger partial charge in [0.2, 0.25) is 0 Å². The van der Waals surface area contributed by atoms with Crippen LogP contribution in [0.25, 0.3) is 0 Å². The Morgan fingerprint density at radius 2 is 2.06 bits per heavy atom. The lowest BCUT2D eigenvalue weighted by Crippen LogP contribution is -2.61. The molecular weight excluding hydrogens is 216 g/mol. The lowest BCUT2D eigenvalue weighted by molar-refractivity contribution is -0.0165. The van der Waals surface area contributed by atoms with Crippen molar-refractivity contribution in [3.8, 4) is 0 Å². The van der Waals surface area contributed by atoms with E-state index in [-0.39, 0.29) is 6.09 Å². The normalized spacial score (nSPS) is 27.8. The number of nitrogens with zero attached hydrogens (tertiary/aromatic N) is 1. The average Bonchev–Trinajstić information content (AvgIpc) is 2.12. The minimum atomic E-state index is -0.399. The van der Waals surface area contributed by atoms with E-state index in [0.29, 0.717) is 11.5 Å². The van der Waals surface area contributed by atoms with E-state index in [1.807, 2.05) is 25.7 Å². The van der Waals surface area contributed by atoms with Crippen LogP contribution >= 0.6 is 0 Å². The maximum absolute atomic E-state index is 12.0. The van der Waals surface area contributed by atoms with Gasteiger partial charge in [-0.15, -0.1) is 0 Å². The topological polar surface area (TPSA) is 41.6 Å². The lowest BCUT2D eigenvalue weighted by Gasteiger charge is -2.51. The second-order valence-corrected chi connectivity index (χ2v) is 6.58. The van der Waals surface area contributed by atoms with Crippen molar-refractivity contribution in [2.24, 2.45) is 5.41 Å². The minimum Gasteiger partial charge on any atom is -0.444 e. The molecule has 2 aliphatic heterocycles. The molecule has 2 fully saturated rings. The number of ether oxygens (including phenoxy) is 1. The van der Waals surface area contributed by atoms with Gasteiger partial charge in [-0.25, -0.2) is 4.79 Å². The number of piperidine rings is 1. The van der Waals surface area contributed by atoms with Gasteiger partial charge in [0.05, 0.1) is 0 Å². The van der Waals surface area contributed by atoms with Gasteiger partial charge in [0.15, 0.2) is 0 Å². The smallest absolute Gasteiger partial charge is 0.410 e. The second-order valence-electron chi connectivity index (χ2n) is 6.58. The van der Waals surface area contributed by atoms with Gasteiger partial charge in [-0.05, 0) is 46.0 Å². The van der Waals surface area contributed by atoms with E-state index < -0.39 is 5.60 Å². The van der Waals surface area contributed by atoms with Gasteiger partial charge in [0, 0.05) is 25.7 Å². The zero-order chi connectivity index (χ0) is 12.7. The lowest BCUT2D eigenvalue weighted by atomic mass is 9.71. The molecule has 0 radical (unpaired) electrons. The van der Waals surface area contributed by atoms with Crippen LogP contribution in [0.1, 0.15) is 40.5 Å². The summed E-state index contributed by atoms with van der Waals surface area (Å²) >= 11 is 0. The SMILES string of the molecule is C[C@@H]1CC2(CCN1C(=O)OC(C)(C)C)CNC2. The van der Waals surface area contributed by atoms with Gasteiger partial charge >= 0.3 is 6.09 Å². The van der Waals surface area contributed by atoms with E-state index in [1.165, 1.54) is 0 Å². The molecule has 1 amide bonds. The summed E-state index contributed by atoms with van der Waals surface area (Å²) in [4.78, 5) is 13.9. The molecule has 1 atom stereocenters. The van der Waals surface area contributed by atoms with Crippen LogP contribution in [0.3, 0.4) is 0 Å². The molecule has 0 unspecified atom stereocenters. The van der Waals surface area contributed by atoms with Crippen LogP contribution in [0, 0.1) is 5.41 Å². The Hall–Kier alpha value is -0.770. The molecular formula is C13H24N2O2. The van der Waals surface area contributed by atoms with Crippen LogP contribution in [0.5, 0.6) is 0 Å². The molecule has 17 heavy (non-hydrogen) atoms. The fourth-order valence-corrected chi connectivity index (χ4v) is 2.81. The molecule has 0 aromatic heterocycles. The van der Waals surface area contributed by atoms with E-state index in [9.17, 15) is 4.79 Å². The number of rotatable bonds is 0. The molecule has 2 aliphatic rings. The van der Waals surface area contributed by atoms with E-state index in [4.69, 9.17) is 4.74 Å². The molecule has 4 heteroatoms. The summed E-state index contributed by atoms with van der Waals surface area (Å²) in [5.41, 5.74) is 0.0574. The molecule has 2 rings (SSSR count). The number of hydrogen-bond donors (Lipinski definition) is 1. The number of carbonyl (C=O) groups is 1. The summed E-state index contributed by atoms with van der Waals surface area (Å²) in [6.45, 7) is 10.9. The first-order valence-corrected chi connectivity index (χ1v) is 6.52. The first-order valence-electron chi connectivity index (χ1n) is 6.52. The van der Waals surface area contributed by atoms with Crippen molar-refractivity contribution in [1.29, 1.82) is 0 Å². The molecule has 98 valence electrons. The fourth-order valence-electron chi connectivity index (χ4n) is 2.81. The highest BCUT2D eigenvalue weighted by Crippen LogP contribution is 2.38. The van der Waals surface area contributed by atoms with Crippen LogP contribution in [0.2, 0.25) is 0 Å². The average molecular weight is 240 g/mol. The van der Waals surface area contributed by atoms with Crippen LogP contribution in [-0.4, -0.2) is 42.3 Å². The summed E-state index contributed by atoms with van der Waals surface area (Å²) in [5, 5.41) is 3.34. The number of hydrogen-bond acceptors (Lipinski definition) is 3. The molecule has 0 saturated carbocycles. The molecule has 2 heterocycles. The number of nitrogens with one attached hydrogen (secondary N) is 1. The van der Waals surface area contributed by atoms with Gasteiger partial charge in [0.1, 0.15) is 5.60 Å². The Labute approximate surface area is 104 Å². The zero-order valence-electron chi connectivity index (χ0n) is 11.4. The first kappa shape index (κ1) is 12.7. The zero-order valence-corrected chi connectivity index (χ0v) is 11.4. The highest BCUT2D eigenvalue weighted by atomic mass is 16.6. The van der Waals surface area contributed by atoms with E-state index in [2.05, 4.69) is 12.2 Å². The van der Waals surface area contributed by atoms with Crippen molar-refractivity contribution in [2.45, 2.75) is 52.2 Å². The minimum absolute atomic E-state index is 0.160. The molecule has 2 saturated heterocycles. The summed E-state index contributed by atoms with van der Waals surface area (Å²) in [7, 11) is 0. The molecule has 0 aliphatic carbocycles. The predicted molar refractivity (Wildman–Crippen MR) is 66.9 cm³/mol. The quantitative estimate of drug-likeness (QED) is 0.704. The van der Waals surface area contributed by atoms with Crippen LogP contribution < -0.4 is 5.32 Å². The van der Waals surface area contributed by atoms with E-state index >= 15 is 0 Å². The number of likely N-dealkylation sites (tertiary alicyclic amines) is 1. The van der Waals surface area contributed by atoms with Gasteiger partial charge in [0.25, 0.3) is 0 Å². The van der Waals surface area contributed by atoms with Crippen molar-refractivity contribution >= 4 is 6.09 Å². The summed E-state index contributed by atoms with van der Waals surface area (Å²) in [5.74, 6) is 0. The molecule has 1 N–H and O–H groups in total. The molecule has 0 bridgehead atoms. The fraction of sp³-hybridized carbons (Fsp3) is 0.923. The van der Waals surface area contributed by atoms with Crippen molar-refractivity contribution in [3.63, 3.8) is 0 Å². The first-order chi connectivity index (χ1) is 7.81. The van der Waals surface area contributed by atoms with Crippen LogP contribution in [-0.2, 0) is 4.74 Å². The summed E-state index contributed by atoms with van der Waals surface area (Å²) in [6.07, 6.45) is 2.04. The second kappa shape index (κ2) is 4.16. The summed E-state index contributed by atoms with van der Waals surface area (Å²) < 4.78 is 5.44. The Morgan fingerprint density at radius 3 is 2.47 bits per heavy atom. The Kier molecular flexibility index (Phi) is 3.10. The molecule has 1 spiro atoms. The maximum Gasteiger partial charge on any atom is 0.410 e. The van der Waals surface area contributed by atoms with E-state index in [0.717, 1.165) is 32.5 Å². The van der Waals surface area contributed by atoms with E-state index in [1.54, 1.807) is 0 Å². The summed E-state index contributed by atoms with van der Waals surface area (Å²) in [6, 6.07) is 0.292. The Bertz CT molecular complexity index is 305. The van der Waals surface area contributed by atoms with Gasteiger partial charge in [-0.3, -0.25) is 0 Å². The largest absolute Gasteiger partial charge is 0.444 e. The third-order valence-electron chi connectivity index (χ3n) is 3.77. The molecule has 0 aromatic rings. The van der Waals surface area contributed by atoms with Crippen LogP contribution in [0.15, 0.2) is 0 Å². The van der Waals surface area contributed by atoms with Crippen molar-refractivity contribution in [1.82, 2.24) is 10.2 Å². The monoisotopic (exact) mass is 240 g/mol. The third-order valence-corrected chi connectivity index (χ3v) is 3.77. The maximum atomic E-state index is 12.0. The molecule has 0 aromatic carbocycles. The molecule has 4 nitrogen and oxygen atoms in total. The van der Waals surface area contributed by atoms with Gasteiger partial charge in [-0.2, -0.15) is 0 Å². The third kappa shape index (κ3) is 2.73.